The lowest BCUT2D eigenvalue weighted by atomic mass is 9.84. The summed E-state index contributed by atoms with van der Waals surface area (Å²) in [5.41, 5.74) is 0. The summed E-state index contributed by atoms with van der Waals surface area (Å²) in [6.07, 6.45) is 4.02. The number of unbranched alkanes of at least 4 members (excludes halogenated alkanes) is 3. The van der Waals surface area contributed by atoms with Crippen LogP contribution in [-0.2, 0) is 23.3 Å². The van der Waals surface area contributed by atoms with Crippen molar-refractivity contribution in [2.45, 2.75) is 57.8 Å². The van der Waals surface area contributed by atoms with Gasteiger partial charge < -0.3 is 13.7 Å². The lowest BCUT2D eigenvalue weighted by molar-refractivity contribution is -0.145. The summed E-state index contributed by atoms with van der Waals surface area (Å²) in [5.74, 6) is 5.23. The van der Waals surface area contributed by atoms with Crippen molar-refractivity contribution in [3.63, 3.8) is 0 Å². The molecule has 1 fully saturated rings. The minimum Gasteiger partial charge on any atom is -0.498 e. The average Bonchev–Trinajstić information content (AvgIpc) is 2.67. The van der Waals surface area contributed by atoms with Gasteiger partial charge in [-0.1, -0.05) is 57.5 Å². The van der Waals surface area contributed by atoms with Gasteiger partial charge in [-0.05, 0) is 30.1 Å². The van der Waals surface area contributed by atoms with E-state index in [2.05, 4.69) is 56.9 Å². The molecule has 0 aliphatic carbocycles. The minimum absolute atomic E-state index is 0.0737. The summed E-state index contributed by atoms with van der Waals surface area (Å²) in [6, 6.07) is 10.6. The van der Waals surface area contributed by atoms with Crippen molar-refractivity contribution in [3.8, 4) is 11.8 Å². The molecule has 168 valence electrons. The average molecular weight is 443 g/mol. The maximum atomic E-state index is 11.7. The van der Waals surface area contributed by atoms with Crippen LogP contribution in [0.15, 0.2) is 30.3 Å². The van der Waals surface area contributed by atoms with Crippen molar-refractivity contribution in [3.05, 3.63) is 30.3 Å². The van der Waals surface area contributed by atoms with Gasteiger partial charge in [-0.25, -0.2) is 0 Å². The van der Waals surface area contributed by atoms with Gasteiger partial charge in [0.15, 0.2) is 0 Å². The standard InChI is InChI=1S/C23H34BNO5Si/c1-23(2,3)31(20-14-10-9-11-15-20)28-17-13-8-6-5-7-12-16-24-29-21(26)18-25(4)19-22(27)30-24/h9-11,14-15,31H,5-6,8,13,16-19H2,1-4H3. The van der Waals surface area contributed by atoms with Crippen LogP contribution in [0, 0.1) is 11.8 Å². The molecule has 6 nitrogen and oxygen atoms in total. The number of carbonyl (C=O) groups is 2. The molecule has 1 atom stereocenters. The highest BCUT2D eigenvalue weighted by Crippen LogP contribution is 2.27. The van der Waals surface area contributed by atoms with Crippen molar-refractivity contribution in [2.24, 2.45) is 0 Å². The number of rotatable bonds is 8. The first-order valence-electron chi connectivity index (χ1n) is 11.0. The monoisotopic (exact) mass is 443 g/mol. The van der Waals surface area contributed by atoms with Crippen molar-refractivity contribution in [2.75, 3.05) is 26.7 Å². The van der Waals surface area contributed by atoms with Crippen LogP contribution in [-0.4, -0.2) is 59.7 Å². The number of hydrogen-bond donors (Lipinski definition) is 0. The summed E-state index contributed by atoms with van der Waals surface area (Å²) in [4.78, 5) is 24.9. The Bertz CT molecular complexity index is 752. The second kappa shape index (κ2) is 12.7. The van der Waals surface area contributed by atoms with Gasteiger partial charge in [0.05, 0.1) is 19.4 Å². The largest absolute Gasteiger partial charge is 0.611 e. The van der Waals surface area contributed by atoms with E-state index in [1.165, 1.54) is 5.19 Å². The van der Waals surface area contributed by atoms with E-state index in [-0.39, 0.29) is 24.4 Å². The molecule has 0 radical (unpaired) electrons. The number of carbonyl (C=O) groups excluding carboxylic acids is 2. The van der Waals surface area contributed by atoms with Crippen molar-refractivity contribution < 1.29 is 23.3 Å². The smallest absolute Gasteiger partial charge is 0.498 e. The molecule has 1 aromatic carbocycles. The van der Waals surface area contributed by atoms with Crippen molar-refractivity contribution >= 4 is 33.3 Å². The predicted molar refractivity (Wildman–Crippen MR) is 125 cm³/mol. The summed E-state index contributed by atoms with van der Waals surface area (Å²) in [6.45, 7) is 7.70. The molecule has 2 rings (SSSR count). The molecule has 0 N–H and O–H groups in total. The van der Waals surface area contributed by atoms with Gasteiger partial charge in [0.1, 0.15) is 0 Å². The third-order valence-corrected chi connectivity index (χ3v) is 7.97. The first-order valence-corrected chi connectivity index (χ1v) is 12.6. The van der Waals surface area contributed by atoms with Gasteiger partial charge in [0, 0.05) is 13.0 Å². The first-order chi connectivity index (χ1) is 14.8. The van der Waals surface area contributed by atoms with Crippen LogP contribution in [0.4, 0.5) is 0 Å². The van der Waals surface area contributed by atoms with E-state index >= 15 is 0 Å². The SMILES string of the molecule is CN1CC(=O)OB(CC#CCCCCCO[SiH](c2ccccc2)C(C)(C)C)OC(=O)C1. The topological polar surface area (TPSA) is 65.1 Å². The highest BCUT2D eigenvalue weighted by atomic mass is 28.3. The van der Waals surface area contributed by atoms with Crippen LogP contribution in [0.1, 0.15) is 46.5 Å². The van der Waals surface area contributed by atoms with E-state index in [1.807, 2.05) is 6.07 Å². The quantitative estimate of drug-likeness (QED) is 0.350. The zero-order chi connectivity index (χ0) is 22.7. The Morgan fingerprint density at radius 3 is 2.29 bits per heavy atom. The number of hydrogen-bond acceptors (Lipinski definition) is 6. The lowest BCUT2D eigenvalue weighted by Gasteiger charge is -2.29. The molecular formula is C23H34BNO5Si. The van der Waals surface area contributed by atoms with E-state index in [0.29, 0.717) is 0 Å². The number of nitrogens with zero attached hydrogens (tertiary/aromatic N) is 1. The molecule has 1 heterocycles. The molecule has 1 aliphatic rings. The molecular weight excluding hydrogens is 409 g/mol. The summed E-state index contributed by atoms with van der Waals surface area (Å²) < 4.78 is 16.6. The molecule has 0 aromatic heterocycles. The summed E-state index contributed by atoms with van der Waals surface area (Å²) in [5, 5.41) is 1.52. The first kappa shape index (κ1) is 25.2. The molecule has 1 aliphatic heterocycles. The minimum atomic E-state index is -1.50. The molecule has 0 bridgehead atoms. The number of benzene rings is 1. The van der Waals surface area contributed by atoms with Gasteiger partial charge in [-0.3, -0.25) is 14.5 Å². The molecule has 1 unspecified atom stereocenters. The highest BCUT2D eigenvalue weighted by Gasteiger charge is 2.31. The van der Waals surface area contributed by atoms with Crippen molar-refractivity contribution in [1.82, 2.24) is 4.90 Å². The van der Waals surface area contributed by atoms with Crippen LogP contribution in [0.2, 0.25) is 11.4 Å². The van der Waals surface area contributed by atoms with Gasteiger partial charge in [0.25, 0.3) is 0 Å². The van der Waals surface area contributed by atoms with Crippen molar-refractivity contribution in [1.29, 1.82) is 0 Å². The normalized spacial score (nSPS) is 16.5. The van der Waals surface area contributed by atoms with Crippen LogP contribution in [0.5, 0.6) is 0 Å². The maximum absolute atomic E-state index is 11.7. The van der Waals surface area contributed by atoms with Gasteiger partial charge in [-0.2, -0.15) is 0 Å². The van der Waals surface area contributed by atoms with E-state index < -0.39 is 28.1 Å². The fourth-order valence-electron chi connectivity index (χ4n) is 3.38. The van der Waals surface area contributed by atoms with E-state index in [9.17, 15) is 9.59 Å². The Hall–Kier alpha value is -2.08. The highest BCUT2D eigenvalue weighted by molar-refractivity contribution is 6.70. The van der Waals surface area contributed by atoms with Crippen LogP contribution >= 0.6 is 0 Å². The third kappa shape index (κ3) is 9.73. The molecule has 0 amide bonds. The Morgan fingerprint density at radius 2 is 1.68 bits per heavy atom. The molecule has 1 aromatic rings. The summed E-state index contributed by atoms with van der Waals surface area (Å²) >= 11 is 0. The second-order valence-electron chi connectivity index (χ2n) is 8.98. The van der Waals surface area contributed by atoms with Crippen LogP contribution in [0.25, 0.3) is 0 Å². The molecule has 1 saturated heterocycles. The molecule has 0 saturated carbocycles. The van der Waals surface area contributed by atoms with Gasteiger partial charge in [0.2, 0.25) is 9.04 Å². The zero-order valence-electron chi connectivity index (χ0n) is 19.2. The zero-order valence-corrected chi connectivity index (χ0v) is 20.3. The maximum Gasteiger partial charge on any atom is 0.611 e. The Morgan fingerprint density at radius 1 is 1.03 bits per heavy atom. The number of likely N-dealkylation sites (N-methyl/N-ethyl adjacent to an activating group) is 1. The Balaban J connectivity index is 1.64. The molecule has 8 heteroatoms. The molecule has 31 heavy (non-hydrogen) atoms. The Labute approximate surface area is 188 Å². The predicted octanol–water partition coefficient (Wildman–Crippen LogP) is 2.52. The third-order valence-electron chi connectivity index (χ3n) is 4.84. The van der Waals surface area contributed by atoms with Gasteiger partial charge in [-0.15, -0.1) is 11.8 Å². The van der Waals surface area contributed by atoms with Crippen LogP contribution in [0.3, 0.4) is 0 Å². The Kier molecular flexibility index (Phi) is 10.3. The fraction of sp³-hybridized carbons (Fsp3) is 0.565. The van der Waals surface area contributed by atoms with E-state index in [4.69, 9.17) is 13.7 Å². The second-order valence-corrected chi connectivity index (χ2v) is 12.5. The van der Waals surface area contributed by atoms with E-state index in [1.54, 1.807) is 11.9 Å². The van der Waals surface area contributed by atoms with Crippen LogP contribution < -0.4 is 5.19 Å². The molecule has 0 spiro atoms. The van der Waals surface area contributed by atoms with Gasteiger partial charge >= 0.3 is 19.1 Å². The van der Waals surface area contributed by atoms with E-state index in [0.717, 1.165) is 32.3 Å². The lowest BCUT2D eigenvalue weighted by Crippen LogP contribution is -2.42. The summed E-state index contributed by atoms with van der Waals surface area (Å²) in [7, 11) is -0.745. The fourth-order valence-corrected chi connectivity index (χ4v) is 6.05.